The van der Waals surface area contributed by atoms with Crippen molar-refractivity contribution in [3.05, 3.63) is 0 Å². The van der Waals surface area contributed by atoms with Crippen molar-refractivity contribution in [1.29, 1.82) is 0 Å². The second kappa shape index (κ2) is 9.44. The molecule has 1 saturated heterocycles. The predicted octanol–water partition coefficient (Wildman–Crippen LogP) is -0.588. The molecular formula is C14H30N4O3S. The smallest absolute Gasteiger partial charge is 0.223 e. The number of likely N-dealkylation sites (N-methyl/N-ethyl adjacent to an activating group) is 1. The summed E-state index contributed by atoms with van der Waals surface area (Å²) in [7, 11) is -3.28. The lowest BCUT2D eigenvalue weighted by molar-refractivity contribution is -0.131. The van der Waals surface area contributed by atoms with Crippen molar-refractivity contribution in [1.82, 2.24) is 19.4 Å². The van der Waals surface area contributed by atoms with E-state index in [-0.39, 0.29) is 18.9 Å². The summed E-state index contributed by atoms with van der Waals surface area (Å²) < 4.78 is 25.2. The summed E-state index contributed by atoms with van der Waals surface area (Å²) in [5.74, 6) is 0.0398. The Morgan fingerprint density at radius 3 is 2.18 bits per heavy atom. The van der Waals surface area contributed by atoms with Gasteiger partial charge in [-0.3, -0.25) is 4.79 Å². The molecule has 8 heteroatoms. The van der Waals surface area contributed by atoms with Crippen LogP contribution >= 0.6 is 0 Å². The zero-order valence-electron chi connectivity index (χ0n) is 14.0. The van der Waals surface area contributed by atoms with E-state index in [1.807, 2.05) is 0 Å². The molecule has 0 spiro atoms. The molecule has 0 aromatic heterocycles. The number of carbonyl (C=O) groups is 1. The van der Waals surface area contributed by atoms with Gasteiger partial charge in [0.15, 0.2) is 0 Å². The van der Waals surface area contributed by atoms with Crippen molar-refractivity contribution in [2.45, 2.75) is 20.3 Å². The summed E-state index contributed by atoms with van der Waals surface area (Å²) in [6.45, 7) is 10.3. The Bertz CT molecular complexity index is 431. The highest BCUT2D eigenvalue weighted by Gasteiger charge is 2.21. The van der Waals surface area contributed by atoms with Crippen molar-refractivity contribution in [2.24, 2.45) is 0 Å². The molecular weight excluding hydrogens is 304 g/mol. The van der Waals surface area contributed by atoms with E-state index in [1.165, 1.54) is 10.6 Å². The standard InChI is InChI=1S/C14H30N4O3S/c1-4-16(5-2)12-13-18(22(3,20)21)9-6-14(19)17-10-7-15-8-11-17/h15H,4-13H2,1-3H3. The fourth-order valence-corrected chi connectivity index (χ4v) is 3.37. The van der Waals surface area contributed by atoms with Crippen LogP contribution in [0.25, 0.3) is 0 Å². The summed E-state index contributed by atoms with van der Waals surface area (Å²) in [4.78, 5) is 16.1. The summed E-state index contributed by atoms with van der Waals surface area (Å²) in [6.07, 6.45) is 1.47. The molecule has 1 aliphatic heterocycles. The molecule has 1 heterocycles. The Balaban J connectivity index is 2.49. The highest BCUT2D eigenvalue weighted by atomic mass is 32.2. The second-order valence-electron chi connectivity index (χ2n) is 5.57. The Labute approximate surface area is 134 Å². The molecule has 0 aromatic rings. The van der Waals surface area contributed by atoms with Gasteiger partial charge >= 0.3 is 0 Å². The van der Waals surface area contributed by atoms with Gasteiger partial charge in [0.25, 0.3) is 0 Å². The third kappa shape index (κ3) is 6.60. The van der Waals surface area contributed by atoms with E-state index in [0.29, 0.717) is 26.2 Å². The summed E-state index contributed by atoms with van der Waals surface area (Å²) in [6, 6.07) is 0. The van der Waals surface area contributed by atoms with Crippen LogP contribution in [-0.2, 0) is 14.8 Å². The largest absolute Gasteiger partial charge is 0.340 e. The topological polar surface area (TPSA) is 73.0 Å². The first-order valence-corrected chi connectivity index (χ1v) is 9.89. The van der Waals surface area contributed by atoms with Gasteiger partial charge in [-0.15, -0.1) is 0 Å². The molecule has 0 aliphatic carbocycles. The molecule has 1 rings (SSSR count). The normalized spacial score (nSPS) is 16.5. The lowest BCUT2D eigenvalue weighted by atomic mass is 10.3. The number of rotatable bonds is 9. The van der Waals surface area contributed by atoms with Crippen molar-refractivity contribution < 1.29 is 13.2 Å². The van der Waals surface area contributed by atoms with Gasteiger partial charge in [0, 0.05) is 52.2 Å². The molecule has 0 unspecified atom stereocenters. The van der Waals surface area contributed by atoms with Crippen LogP contribution < -0.4 is 5.32 Å². The van der Waals surface area contributed by atoms with Crippen LogP contribution in [0.5, 0.6) is 0 Å². The lowest BCUT2D eigenvalue weighted by Crippen LogP contribution is -2.47. The number of piperazine rings is 1. The van der Waals surface area contributed by atoms with Crippen molar-refractivity contribution in [3.63, 3.8) is 0 Å². The van der Waals surface area contributed by atoms with Gasteiger partial charge in [0.2, 0.25) is 15.9 Å². The van der Waals surface area contributed by atoms with Crippen LogP contribution in [0.4, 0.5) is 0 Å². The van der Waals surface area contributed by atoms with Crippen LogP contribution in [0.3, 0.4) is 0 Å². The number of amides is 1. The van der Waals surface area contributed by atoms with E-state index >= 15 is 0 Å². The van der Waals surface area contributed by atoms with Crippen LogP contribution in [0.1, 0.15) is 20.3 Å². The van der Waals surface area contributed by atoms with Crippen molar-refractivity contribution in [3.8, 4) is 0 Å². The van der Waals surface area contributed by atoms with Gasteiger partial charge in [-0.1, -0.05) is 13.8 Å². The zero-order chi connectivity index (χ0) is 16.6. The average molecular weight is 334 g/mol. The summed E-state index contributed by atoms with van der Waals surface area (Å²) >= 11 is 0. The third-order valence-corrected chi connectivity index (χ3v) is 5.38. The molecule has 22 heavy (non-hydrogen) atoms. The molecule has 1 amide bonds. The minimum atomic E-state index is -3.28. The fraction of sp³-hybridized carbons (Fsp3) is 0.929. The molecule has 0 radical (unpaired) electrons. The molecule has 1 N–H and O–H groups in total. The van der Waals surface area contributed by atoms with Gasteiger partial charge in [-0.2, -0.15) is 0 Å². The molecule has 0 bridgehead atoms. The zero-order valence-corrected chi connectivity index (χ0v) is 14.9. The van der Waals surface area contributed by atoms with Crippen LogP contribution in [0.2, 0.25) is 0 Å². The van der Waals surface area contributed by atoms with Crippen molar-refractivity contribution >= 4 is 15.9 Å². The monoisotopic (exact) mass is 334 g/mol. The number of nitrogens with one attached hydrogen (secondary N) is 1. The Hall–Kier alpha value is -0.700. The summed E-state index contributed by atoms with van der Waals surface area (Å²) in [5.41, 5.74) is 0. The number of carbonyl (C=O) groups excluding carboxylic acids is 1. The average Bonchev–Trinajstić information content (AvgIpc) is 2.50. The predicted molar refractivity (Wildman–Crippen MR) is 88.3 cm³/mol. The molecule has 130 valence electrons. The summed E-state index contributed by atoms with van der Waals surface area (Å²) in [5, 5.41) is 3.20. The Morgan fingerprint density at radius 1 is 1.09 bits per heavy atom. The molecule has 0 aromatic carbocycles. The first-order chi connectivity index (χ1) is 10.4. The first-order valence-electron chi connectivity index (χ1n) is 8.04. The van der Waals surface area contributed by atoms with E-state index in [0.717, 1.165) is 26.2 Å². The van der Waals surface area contributed by atoms with E-state index in [2.05, 4.69) is 24.1 Å². The maximum atomic E-state index is 12.1. The lowest BCUT2D eigenvalue weighted by Gasteiger charge is -2.29. The molecule has 0 atom stereocenters. The first kappa shape index (κ1) is 19.3. The maximum absolute atomic E-state index is 12.1. The van der Waals surface area contributed by atoms with E-state index < -0.39 is 10.0 Å². The van der Waals surface area contributed by atoms with Crippen LogP contribution in [0, 0.1) is 0 Å². The number of hydrogen-bond acceptors (Lipinski definition) is 5. The van der Waals surface area contributed by atoms with Gasteiger partial charge in [0.1, 0.15) is 0 Å². The van der Waals surface area contributed by atoms with Crippen molar-refractivity contribution in [2.75, 3.05) is 65.2 Å². The molecule has 0 saturated carbocycles. The molecule has 7 nitrogen and oxygen atoms in total. The van der Waals surface area contributed by atoms with Crippen LogP contribution in [-0.4, -0.2) is 93.6 Å². The number of nitrogens with zero attached hydrogens (tertiary/aromatic N) is 3. The highest BCUT2D eigenvalue weighted by molar-refractivity contribution is 7.88. The maximum Gasteiger partial charge on any atom is 0.223 e. The van der Waals surface area contributed by atoms with Gasteiger partial charge in [-0.25, -0.2) is 12.7 Å². The van der Waals surface area contributed by atoms with Gasteiger partial charge in [0.05, 0.1) is 6.26 Å². The number of hydrogen-bond donors (Lipinski definition) is 1. The minimum Gasteiger partial charge on any atom is -0.340 e. The number of sulfonamides is 1. The highest BCUT2D eigenvalue weighted by Crippen LogP contribution is 2.04. The Kier molecular flexibility index (Phi) is 8.30. The second-order valence-corrected chi connectivity index (χ2v) is 7.55. The Morgan fingerprint density at radius 2 is 1.68 bits per heavy atom. The van der Waals surface area contributed by atoms with Crippen LogP contribution in [0.15, 0.2) is 0 Å². The van der Waals surface area contributed by atoms with Gasteiger partial charge in [-0.05, 0) is 13.1 Å². The van der Waals surface area contributed by atoms with E-state index in [4.69, 9.17) is 0 Å². The minimum absolute atomic E-state index is 0.0398. The van der Waals surface area contributed by atoms with Gasteiger partial charge < -0.3 is 15.1 Å². The van der Waals surface area contributed by atoms with E-state index in [1.54, 1.807) is 4.90 Å². The molecule has 1 aliphatic rings. The molecule has 1 fully saturated rings. The van der Waals surface area contributed by atoms with E-state index in [9.17, 15) is 13.2 Å². The third-order valence-electron chi connectivity index (χ3n) is 4.07. The quantitative estimate of drug-likeness (QED) is 0.610. The fourth-order valence-electron chi connectivity index (χ4n) is 2.53. The SMILES string of the molecule is CCN(CC)CCN(CCC(=O)N1CCNCC1)S(C)(=O)=O.